The Morgan fingerprint density at radius 2 is 2.25 bits per heavy atom. The summed E-state index contributed by atoms with van der Waals surface area (Å²) in [6.45, 7) is 6.23. The van der Waals surface area contributed by atoms with Gasteiger partial charge in [-0.25, -0.2) is 0 Å². The predicted octanol–water partition coefficient (Wildman–Crippen LogP) is 0.837. The lowest BCUT2D eigenvalue weighted by molar-refractivity contribution is 0.0766. The van der Waals surface area contributed by atoms with Crippen molar-refractivity contribution in [1.29, 1.82) is 0 Å². The summed E-state index contributed by atoms with van der Waals surface area (Å²) in [4.78, 5) is 13.4. The first-order chi connectivity index (χ1) is 7.49. The number of aromatic nitrogens is 2. The molecule has 0 saturated heterocycles. The molecule has 0 bridgehead atoms. The third-order valence-electron chi connectivity index (χ3n) is 2.55. The Hall–Kier alpha value is -1.36. The fraction of sp³-hybridized carbons (Fsp3) is 0.636. The highest BCUT2D eigenvalue weighted by molar-refractivity contribution is 5.94. The highest BCUT2D eigenvalue weighted by Gasteiger charge is 2.18. The van der Waals surface area contributed by atoms with E-state index in [1.807, 2.05) is 25.5 Å². The van der Waals surface area contributed by atoms with E-state index in [2.05, 4.69) is 5.10 Å². The van der Waals surface area contributed by atoms with Crippen LogP contribution in [0.2, 0.25) is 0 Å². The van der Waals surface area contributed by atoms with Gasteiger partial charge in [-0.05, 0) is 20.8 Å². The second-order valence-electron chi connectivity index (χ2n) is 4.13. The van der Waals surface area contributed by atoms with Crippen LogP contribution in [0.15, 0.2) is 6.20 Å². The van der Waals surface area contributed by atoms with E-state index in [1.165, 1.54) is 4.90 Å². The lowest BCUT2D eigenvalue weighted by atomic mass is 10.2. The van der Waals surface area contributed by atoms with Crippen molar-refractivity contribution in [2.45, 2.75) is 26.8 Å². The highest BCUT2D eigenvalue weighted by atomic mass is 16.3. The number of nitrogens with zero attached hydrogens (tertiary/aromatic N) is 3. The maximum Gasteiger partial charge on any atom is 0.257 e. The van der Waals surface area contributed by atoms with E-state index in [1.54, 1.807) is 13.2 Å². The molecule has 0 unspecified atom stereocenters. The second-order valence-corrected chi connectivity index (χ2v) is 4.13. The molecule has 5 nitrogen and oxygen atoms in total. The van der Waals surface area contributed by atoms with Crippen molar-refractivity contribution >= 4 is 5.91 Å². The molecule has 0 radical (unpaired) electrons. The number of amides is 1. The molecule has 1 aromatic heterocycles. The first kappa shape index (κ1) is 12.7. The van der Waals surface area contributed by atoms with Crippen LogP contribution >= 0.6 is 0 Å². The van der Waals surface area contributed by atoms with Crippen molar-refractivity contribution in [3.8, 4) is 0 Å². The Morgan fingerprint density at radius 1 is 1.62 bits per heavy atom. The Bertz CT molecular complexity index is 371. The van der Waals surface area contributed by atoms with Crippen LogP contribution < -0.4 is 0 Å². The zero-order chi connectivity index (χ0) is 12.3. The first-order valence-corrected chi connectivity index (χ1v) is 5.39. The SMILES string of the molecule is Cc1c(C(=O)N(C)CCO)cnn1C(C)C. The minimum absolute atomic E-state index is 0.0282. The zero-order valence-corrected chi connectivity index (χ0v) is 10.3. The third-order valence-corrected chi connectivity index (χ3v) is 2.55. The molecule has 1 heterocycles. The molecule has 0 atom stereocenters. The minimum atomic E-state index is -0.0987. The van der Waals surface area contributed by atoms with E-state index in [-0.39, 0.29) is 18.6 Å². The molecule has 0 aliphatic rings. The molecule has 0 aromatic carbocycles. The van der Waals surface area contributed by atoms with Crippen LogP contribution in [0.1, 0.15) is 35.9 Å². The molecule has 0 spiro atoms. The third kappa shape index (κ3) is 2.41. The van der Waals surface area contributed by atoms with Gasteiger partial charge in [0.15, 0.2) is 0 Å². The van der Waals surface area contributed by atoms with Crippen molar-refractivity contribution in [1.82, 2.24) is 14.7 Å². The van der Waals surface area contributed by atoms with Crippen molar-refractivity contribution < 1.29 is 9.90 Å². The van der Waals surface area contributed by atoms with E-state index in [4.69, 9.17) is 5.11 Å². The van der Waals surface area contributed by atoms with Gasteiger partial charge in [0, 0.05) is 25.3 Å². The number of hydrogen-bond donors (Lipinski definition) is 1. The largest absolute Gasteiger partial charge is 0.395 e. The molecule has 1 amide bonds. The van der Waals surface area contributed by atoms with Crippen molar-refractivity contribution in [2.24, 2.45) is 0 Å². The Morgan fingerprint density at radius 3 is 2.69 bits per heavy atom. The Kier molecular flexibility index (Phi) is 4.06. The normalized spacial score (nSPS) is 10.9. The number of carbonyl (C=O) groups is 1. The summed E-state index contributed by atoms with van der Waals surface area (Å²) in [6.07, 6.45) is 1.59. The summed E-state index contributed by atoms with van der Waals surface area (Å²) >= 11 is 0. The number of rotatable bonds is 4. The number of aliphatic hydroxyl groups excluding tert-OH is 1. The van der Waals surface area contributed by atoms with Crippen LogP contribution in [0.5, 0.6) is 0 Å². The van der Waals surface area contributed by atoms with Crippen LogP contribution in [0.3, 0.4) is 0 Å². The van der Waals surface area contributed by atoms with Gasteiger partial charge in [0.2, 0.25) is 0 Å². The number of carbonyl (C=O) groups excluding carboxylic acids is 1. The van der Waals surface area contributed by atoms with Crippen molar-refractivity contribution in [2.75, 3.05) is 20.2 Å². The van der Waals surface area contributed by atoms with Gasteiger partial charge in [0.1, 0.15) is 0 Å². The van der Waals surface area contributed by atoms with Crippen molar-refractivity contribution in [3.63, 3.8) is 0 Å². The average molecular weight is 225 g/mol. The van der Waals surface area contributed by atoms with Crippen LogP contribution in [0.25, 0.3) is 0 Å². The zero-order valence-electron chi connectivity index (χ0n) is 10.3. The molecule has 0 aliphatic carbocycles. The van der Waals surface area contributed by atoms with E-state index in [0.717, 1.165) is 5.69 Å². The Labute approximate surface area is 95.7 Å². The van der Waals surface area contributed by atoms with Gasteiger partial charge in [0.25, 0.3) is 5.91 Å². The van der Waals surface area contributed by atoms with Crippen LogP contribution in [0.4, 0.5) is 0 Å². The van der Waals surface area contributed by atoms with Gasteiger partial charge < -0.3 is 10.0 Å². The van der Waals surface area contributed by atoms with Crippen LogP contribution in [-0.4, -0.2) is 45.9 Å². The molecule has 1 rings (SSSR count). The number of hydrogen-bond acceptors (Lipinski definition) is 3. The molecule has 0 saturated carbocycles. The van der Waals surface area contributed by atoms with E-state index in [9.17, 15) is 4.79 Å². The lowest BCUT2D eigenvalue weighted by Crippen LogP contribution is -2.29. The molecule has 5 heteroatoms. The quantitative estimate of drug-likeness (QED) is 0.826. The predicted molar refractivity (Wildman–Crippen MR) is 61.4 cm³/mol. The first-order valence-electron chi connectivity index (χ1n) is 5.39. The van der Waals surface area contributed by atoms with Crippen LogP contribution in [0, 0.1) is 6.92 Å². The molecular formula is C11H19N3O2. The second kappa shape index (κ2) is 5.12. The fourth-order valence-electron chi connectivity index (χ4n) is 1.61. The molecule has 1 N–H and O–H groups in total. The van der Waals surface area contributed by atoms with Gasteiger partial charge in [-0.1, -0.05) is 0 Å². The summed E-state index contributed by atoms with van der Waals surface area (Å²) < 4.78 is 1.82. The summed E-state index contributed by atoms with van der Waals surface area (Å²) in [6, 6.07) is 0.240. The van der Waals surface area contributed by atoms with Gasteiger partial charge >= 0.3 is 0 Å². The van der Waals surface area contributed by atoms with Crippen LogP contribution in [-0.2, 0) is 0 Å². The Balaban J connectivity index is 2.92. The highest BCUT2D eigenvalue weighted by Crippen LogP contribution is 2.14. The smallest absolute Gasteiger partial charge is 0.257 e. The summed E-state index contributed by atoms with van der Waals surface area (Å²) in [5.74, 6) is -0.0987. The lowest BCUT2D eigenvalue weighted by Gasteiger charge is -2.15. The van der Waals surface area contributed by atoms with Gasteiger partial charge in [-0.3, -0.25) is 9.48 Å². The molecule has 1 aromatic rings. The van der Waals surface area contributed by atoms with Gasteiger partial charge in [0.05, 0.1) is 18.4 Å². The molecule has 0 fully saturated rings. The van der Waals surface area contributed by atoms with E-state index >= 15 is 0 Å². The topological polar surface area (TPSA) is 58.4 Å². The van der Waals surface area contributed by atoms with Gasteiger partial charge in [-0.15, -0.1) is 0 Å². The van der Waals surface area contributed by atoms with E-state index < -0.39 is 0 Å². The average Bonchev–Trinajstić information content (AvgIpc) is 2.59. The van der Waals surface area contributed by atoms with E-state index in [0.29, 0.717) is 12.1 Å². The maximum atomic E-state index is 12.0. The standard InChI is InChI=1S/C11H19N3O2/c1-8(2)14-9(3)10(7-12-14)11(16)13(4)5-6-15/h7-8,15H,5-6H2,1-4H3. The number of likely N-dealkylation sites (N-methyl/N-ethyl adjacent to an activating group) is 1. The fourth-order valence-corrected chi connectivity index (χ4v) is 1.61. The summed E-state index contributed by atoms with van der Waals surface area (Å²) in [5.41, 5.74) is 1.47. The number of aliphatic hydroxyl groups is 1. The molecule has 90 valence electrons. The maximum absolute atomic E-state index is 12.0. The minimum Gasteiger partial charge on any atom is -0.395 e. The molecule has 0 aliphatic heterocycles. The van der Waals surface area contributed by atoms with Gasteiger partial charge in [-0.2, -0.15) is 5.10 Å². The monoisotopic (exact) mass is 225 g/mol. The molecular weight excluding hydrogens is 206 g/mol. The van der Waals surface area contributed by atoms with Crippen molar-refractivity contribution in [3.05, 3.63) is 17.5 Å². The summed E-state index contributed by atoms with van der Waals surface area (Å²) in [7, 11) is 1.67. The molecule has 16 heavy (non-hydrogen) atoms. The summed E-state index contributed by atoms with van der Waals surface area (Å²) in [5, 5.41) is 13.0.